The Labute approximate surface area is 180 Å². The smallest absolute Gasteiger partial charge is 0.247 e. The molecule has 9 heteroatoms. The van der Waals surface area contributed by atoms with Gasteiger partial charge in [-0.3, -0.25) is 4.79 Å². The van der Waals surface area contributed by atoms with Gasteiger partial charge in [-0.1, -0.05) is 36.7 Å². The van der Waals surface area contributed by atoms with E-state index in [2.05, 4.69) is 44.2 Å². The van der Waals surface area contributed by atoms with Gasteiger partial charge in [0, 0.05) is 30.2 Å². The summed E-state index contributed by atoms with van der Waals surface area (Å²) < 4.78 is 0. The number of hydrogen-bond donors (Lipinski definition) is 2. The number of rotatable bonds is 6. The summed E-state index contributed by atoms with van der Waals surface area (Å²) in [4.78, 5) is 14.1. The fraction of sp³-hybridized carbons (Fsp3) is 0.300. The van der Waals surface area contributed by atoms with Crippen molar-refractivity contribution in [3.8, 4) is 11.4 Å². The Morgan fingerprint density at radius 3 is 2.72 bits per heavy atom. The highest BCUT2D eigenvalue weighted by Crippen LogP contribution is 2.19. The molecule has 0 saturated carbocycles. The standard InChI is InChI=1S/C20H21ClN6O.ClH/c1-2-18(27-25-19(24-26-27)14-5-7-17(21)8-6-14)20(28)23-10-13-3-4-15-11-22-12-16(15)9-13;/h3-9,18,22H,2,10-12H2,1H3,(H,23,28);1H. The van der Waals surface area contributed by atoms with Gasteiger partial charge >= 0.3 is 0 Å². The minimum atomic E-state index is -0.510. The van der Waals surface area contributed by atoms with E-state index in [0.29, 0.717) is 23.8 Å². The zero-order chi connectivity index (χ0) is 19.5. The predicted molar refractivity (Wildman–Crippen MR) is 114 cm³/mol. The number of amides is 1. The number of carbonyl (C=O) groups is 1. The molecule has 0 bridgehead atoms. The van der Waals surface area contributed by atoms with Crippen molar-refractivity contribution >= 4 is 29.9 Å². The van der Waals surface area contributed by atoms with Crippen LogP contribution in [0.25, 0.3) is 11.4 Å². The highest BCUT2D eigenvalue weighted by Gasteiger charge is 2.22. The largest absolute Gasteiger partial charge is 0.350 e. The van der Waals surface area contributed by atoms with E-state index < -0.39 is 6.04 Å². The molecule has 0 aliphatic carbocycles. The maximum atomic E-state index is 12.7. The SMILES string of the molecule is CCC(C(=O)NCc1ccc2c(c1)CNC2)n1nnc(-c2ccc(Cl)cc2)n1.Cl. The van der Waals surface area contributed by atoms with Crippen LogP contribution in [-0.2, 0) is 24.4 Å². The topological polar surface area (TPSA) is 84.7 Å². The maximum absolute atomic E-state index is 12.7. The highest BCUT2D eigenvalue weighted by molar-refractivity contribution is 6.30. The molecule has 2 heterocycles. The molecule has 2 N–H and O–H groups in total. The summed E-state index contributed by atoms with van der Waals surface area (Å²) in [7, 11) is 0. The van der Waals surface area contributed by atoms with Crippen LogP contribution in [0.5, 0.6) is 0 Å². The third kappa shape index (κ3) is 4.75. The van der Waals surface area contributed by atoms with E-state index in [1.165, 1.54) is 15.9 Å². The van der Waals surface area contributed by atoms with Crippen LogP contribution >= 0.6 is 24.0 Å². The van der Waals surface area contributed by atoms with E-state index in [4.69, 9.17) is 11.6 Å². The summed E-state index contributed by atoms with van der Waals surface area (Å²) in [6.07, 6.45) is 0.566. The van der Waals surface area contributed by atoms with Crippen molar-refractivity contribution in [2.45, 2.75) is 39.0 Å². The first-order valence-corrected chi connectivity index (χ1v) is 9.66. The van der Waals surface area contributed by atoms with Crippen LogP contribution in [0.2, 0.25) is 5.02 Å². The predicted octanol–water partition coefficient (Wildman–Crippen LogP) is 3.29. The molecule has 29 heavy (non-hydrogen) atoms. The van der Waals surface area contributed by atoms with Gasteiger partial charge in [-0.15, -0.1) is 22.6 Å². The van der Waals surface area contributed by atoms with Gasteiger partial charge in [0.2, 0.25) is 11.7 Å². The first kappa shape index (κ1) is 21.2. The summed E-state index contributed by atoms with van der Waals surface area (Å²) in [5, 5.41) is 19.5. The summed E-state index contributed by atoms with van der Waals surface area (Å²) in [5.74, 6) is 0.343. The van der Waals surface area contributed by atoms with Gasteiger partial charge in [-0.05, 0) is 52.6 Å². The van der Waals surface area contributed by atoms with E-state index in [-0.39, 0.29) is 18.3 Å². The van der Waals surface area contributed by atoms with Crippen molar-refractivity contribution < 1.29 is 4.79 Å². The highest BCUT2D eigenvalue weighted by atomic mass is 35.5. The number of fused-ring (bicyclic) bond motifs is 1. The number of carbonyl (C=O) groups excluding carboxylic acids is 1. The lowest BCUT2D eigenvalue weighted by atomic mass is 10.1. The molecule has 1 amide bonds. The van der Waals surface area contributed by atoms with Crippen molar-refractivity contribution in [1.29, 1.82) is 0 Å². The van der Waals surface area contributed by atoms with Crippen LogP contribution in [0, 0.1) is 0 Å². The number of halogens is 2. The molecular weight excluding hydrogens is 411 g/mol. The molecule has 0 radical (unpaired) electrons. The molecule has 0 fully saturated rings. The van der Waals surface area contributed by atoms with E-state index in [0.717, 1.165) is 24.2 Å². The zero-order valence-corrected chi connectivity index (χ0v) is 17.5. The fourth-order valence-electron chi connectivity index (χ4n) is 3.29. The number of hydrogen-bond acceptors (Lipinski definition) is 5. The van der Waals surface area contributed by atoms with E-state index >= 15 is 0 Å². The molecule has 0 saturated heterocycles. The number of benzene rings is 2. The lowest BCUT2D eigenvalue weighted by Gasteiger charge is -2.14. The van der Waals surface area contributed by atoms with Gasteiger partial charge in [-0.2, -0.15) is 4.80 Å². The van der Waals surface area contributed by atoms with Crippen molar-refractivity contribution in [1.82, 2.24) is 30.8 Å². The Kier molecular flexibility index (Phi) is 6.84. The first-order valence-electron chi connectivity index (χ1n) is 9.28. The van der Waals surface area contributed by atoms with Crippen molar-refractivity contribution in [2.24, 2.45) is 0 Å². The third-order valence-corrected chi connectivity index (χ3v) is 5.12. The van der Waals surface area contributed by atoms with Gasteiger partial charge in [0.1, 0.15) is 0 Å². The number of nitrogens with zero attached hydrogens (tertiary/aromatic N) is 4. The van der Waals surface area contributed by atoms with Crippen molar-refractivity contribution in [3.05, 3.63) is 64.2 Å². The lowest BCUT2D eigenvalue weighted by Crippen LogP contribution is -2.33. The minimum Gasteiger partial charge on any atom is -0.350 e. The van der Waals surface area contributed by atoms with Crippen LogP contribution in [0.15, 0.2) is 42.5 Å². The fourth-order valence-corrected chi connectivity index (χ4v) is 3.42. The van der Waals surface area contributed by atoms with Crippen LogP contribution in [-0.4, -0.2) is 26.1 Å². The van der Waals surface area contributed by atoms with E-state index in [1.54, 1.807) is 12.1 Å². The minimum absolute atomic E-state index is 0. The van der Waals surface area contributed by atoms with Crippen LogP contribution in [0.1, 0.15) is 36.1 Å². The molecule has 7 nitrogen and oxygen atoms in total. The van der Waals surface area contributed by atoms with Crippen LogP contribution in [0.3, 0.4) is 0 Å². The Morgan fingerprint density at radius 1 is 1.21 bits per heavy atom. The van der Waals surface area contributed by atoms with E-state index in [9.17, 15) is 4.79 Å². The van der Waals surface area contributed by atoms with Crippen LogP contribution < -0.4 is 10.6 Å². The molecule has 1 unspecified atom stereocenters. The number of nitrogens with one attached hydrogen (secondary N) is 2. The molecule has 3 aromatic rings. The molecule has 1 aliphatic heterocycles. The summed E-state index contributed by atoms with van der Waals surface area (Å²) in [5.41, 5.74) is 4.50. The number of tetrazole rings is 1. The quantitative estimate of drug-likeness (QED) is 0.623. The summed E-state index contributed by atoms with van der Waals surface area (Å²) >= 11 is 5.92. The molecule has 1 aromatic heterocycles. The Morgan fingerprint density at radius 2 is 1.97 bits per heavy atom. The molecule has 1 atom stereocenters. The molecule has 0 spiro atoms. The monoisotopic (exact) mass is 432 g/mol. The van der Waals surface area contributed by atoms with Crippen molar-refractivity contribution in [2.75, 3.05) is 0 Å². The zero-order valence-electron chi connectivity index (χ0n) is 15.9. The first-order chi connectivity index (χ1) is 13.6. The van der Waals surface area contributed by atoms with Crippen molar-refractivity contribution in [3.63, 3.8) is 0 Å². The second-order valence-corrected chi connectivity index (χ2v) is 7.23. The average molecular weight is 433 g/mol. The van der Waals surface area contributed by atoms with E-state index in [1.807, 2.05) is 19.1 Å². The Hall–Kier alpha value is -2.48. The van der Waals surface area contributed by atoms with Gasteiger partial charge in [0.15, 0.2) is 6.04 Å². The Bertz CT molecular complexity index is 989. The molecule has 4 rings (SSSR count). The van der Waals surface area contributed by atoms with Gasteiger partial charge in [0.05, 0.1) is 0 Å². The van der Waals surface area contributed by atoms with Gasteiger partial charge in [0.25, 0.3) is 0 Å². The third-order valence-electron chi connectivity index (χ3n) is 4.87. The maximum Gasteiger partial charge on any atom is 0.247 e. The van der Waals surface area contributed by atoms with Crippen LogP contribution in [0.4, 0.5) is 0 Å². The Balaban J connectivity index is 0.00000240. The summed E-state index contributed by atoms with van der Waals surface area (Å²) in [6, 6.07) is 13.0. The second kappa shape index (κ2) is 9.35. The second-order valence-electron chi connectivity index (χ2n) is 6.79. The summed E-state index contributed by atoms with van der Waals surface area (Å²) in [6.45, 7) is 4.19. The average Bonchev–Trinajstić information content (AvgIpc) is 3.37. The molecule has 1 aliphatic rings. The normalized spacial score (nSPS) is 13.4. The van der Waals surface area contributed by atoms with Gasteiger partial charge in [-0.25, -0.2) is 0 Å². The molecule has 2 aromatic carbocycles. The van der Waals surface area contributed by atoms with Gasteiger partial charge < -0.3 is 10.6 Å². The molecular formula is C20H22Cl2N6O. The number of aromatic nitrogens is 4. The molecule has 152 valence electrons. The lowest BCUT2D eigenvalue weighted by molar-refractivity contribution is -0.125.